The normalized spacial score (nSPS) is 11.8. The highest BCUT2D eigenvalue weighted by Crippen LogP contribution is 2.22. The second-order valence-corrected chi connectivity index (χ2v) is 4.54. The zero-order chi connectivity index (χ0) is 12.0. The second kappa shape index (κ2) is 8.75. The van der Waals surface area contributed by atoms with Crippen LogP contribution < -0.4 is 10.1 Å². The molecular formula is C12H19BrClNO2. The highest BCUT2D eigenvalue weighted by Gasteiger charge is 2.07. The summed E-state index contributed by atoms with van der Waals surface area (Å²) in [5.41, 5.74) is 1.09. The number of rotatable bonds is 6. The average Bonchev–Trinajstić information content (AvgIpc) is 2.30. The van der Waals surface area contributed by atoms with Crippen LogP contribution in [-0.2, 0) is 6.54 Å². The first kappa shape index (κ1) is 16.7. The molecule has 0 fully saturated rings. The molecule has 0 aliphatic heterocycles. The third kappa shape index (κ3) is 5.25. The summed E-state index contributed by atoms with van der Waals surface area (Å²) in [7, 11) is 1.66. The lowest BCUT2D eigenvalue weighted by molar-refractivity contribution is 0.238. The molecule has 1 aromatic carbocycles. The van der Waals surface area contributed by atoms with Gasteiger partial charge < -0.3 is 15.2 Å². The summed E-state index contributed by atoms with van der Waals surface area (Å²) in [6.45, 7) is 2.90. The first-order valence-electron chi connectivity index (χ1n) is 5.38. The van der Waals surface area contributed by atoms with E-state index < -0.39 is 0 Å². The molecule has 5 heteroatoms. The Labute approximate surface area is 117 Å². The lowest BCUT2D eigenvalue weighted by atomic mass is 10.1. The number of aliphatic hydroxyl groups is 1. The first-order valence-corrected chi connectivity index (χ1v) is 6.17. The van der Waals surface area contributed by atoms with Gasteiger partial charge >= 0.3 is 0 Å². The minimum absolute atomic E-state index is 0. The van der Waals surface area contributed by atoms with Gasteiger partial charge in [0, 0.05) is 22.6 Å². The molecule has 0 aromatic heterocycles. The molecule has 0 radical (unpaired) electrons. The van der Waals surface area contributed by atoms with Crippen molar-refractivity contribution >= 4 is 28.3 Å². The van der Waals surface area contributed by atoms with Crippen molar-refractivity contribution in [2.75, 3.05) is 13.7 Å². The number of aliphatic hydroxyl groups excluding tert-OH is 1. The van der Waals surface area contributed by atoms with Crippen LogP contribution in [0, 0.1) is 0 Å². The number of ether oxygens (including phenoxy) is 1. The molecule has 0 aliphatic rings. The van der Waals surface area contributed by atoms with Crippen LogP contribution in [0.2, 0.25) is 0 Å². The highest BCUT2D eigenvalue weighted by atomic mass is 79.9. The summed E-state index contributed by atoms with van der Waals surface area (Å²) < 4.78 is 6.31. The maximum Gasteiger partial charge on any atom is 0.123 e. The molecule has 98 valence electrons. The van der Waals surface area contributed by atoms with E-state index in [-0.39, 0.29) is 25.1 Å². The van der Waals surface area contributed by atoms with Crippen LogP contribution in [0.5, 0.6) is 5.75 Å². The molecule has 2 N–H and O–H groups in total. The maximum atomic E-state index is 9.08. The van der Waals surface area contributed by atoms with E-state index in [1.54, 1.807) is 7.11 Å². The van der Waals surface area contributed by atoms with Crippen molar-refractivity contribution in [1.29, 1.82) is 0 Å². The Bertz CT molecular complexity index is 332. The van der Waals surface area contributed by atoms with Crippen LogP contribution in [0.15, 0.2) is 22.7 Å². The zero-order valence-corrected chi connectivity index (χ0v) is 12.5. The SMILES string of the molecule is CCC(CO)NCc1cc(Br)ccc1OC.Cl. The second-order valence-electron chi connectivity index (χ2n) is 3.62. The van der Waals surface area contributed by atoms with E-state index in [0.29, 0.717) is 6.54 Å². The third-order valence-corrected chi connectivity index (χ3v) is 3.03. The Kier molecular flexibility index (Phi) is 8.60. The van der Waals surface area contributed by atoms with Gasteiger partial charge in [-0.3, -0.25) is 0 Å². The Hall–Kier alpha value is -0.290. The lowest BCUT2D eigenvalue weighted by Gasteiger charge is -2.15. The summed E-state index contributed by atoms with van der Waals surface area (Å²) in [5.74, 6) is 0.864. The molecular weight excluding hydrogens is 305 g/mol. The van der Waals surface area contributed by atoms with E-state index in [0.717, 1.165) is 22.2 Å². The fraction of sp³-hybridized carbons (Fsp3) is 0.500. The lowest BCUT2D eigenvalue weighted by Crippen LogP contribution is -2.31. The Balaban J connectivity index is 0.00000256. The Morgan fingerprint density at radius 1 is 1.47 bits per heavy atom. The zero-order valence-electron chi connectivity index (χ0n) is 10.1. The van der Waals surface area contributed by atoms with Crippen LogP contribution in [0.1, 0.15) is 18.9 Å². The van der Waals surface area contributed by atoms with Crippen molar-refractivity contribution < 1.29 is 9.84 Å². The average molecular weight is 325 g/mol. The molecule has 0 bridgehead atoms. The number of hydrogen-bond acceptors (Lipinski definition) is 3. The van der Waals surface area contributed by atoms with Gasteiger partial charge in [0.05, 0.1) is 13.7 Å². The molecule has 0 spiro atoms. The standard InChI is InChI=1S/C12H18BrNO2.ClH/c1-3-11(8-15)14-7-9-6-10(13)4-5-12(9)16-2;/h4-6,11,14-15H,3,7-8H2,1-2H3;1H. The van der Waals surface area contributed by atoms with Gasteiger partial charge in [-0.2, -0.15) is 0 Å². The van der Waals surface area contributed by atoms with Crippen LogP contribution >= 0.6 is 28.3 Å². The summed E-state index contributed by atoms with van der Waals surface area (Å²) in [6, 6.07) is 6.05. The van der Waals surface area contributed by atoms with Crippen molar-refractivity contribution in [2.45, 2.75) is 25.9 Å². The molecule has 1 aromatic rings. The topological polar surface area (TPSA) is 41.5 Å². The van der Waals surface area contributed by atoms with E-state index in [1.165, 1.54) is 0 Å². The van der Waals surface area contributed by atoms with Crippen molar-refractivity contribution in [3.8, 4) is 5.75 Å². The number of methoxy groups -OCH3 is 1. The van der Waals surface area contributed by atoms with Crippen LogP contribution in [0.25, 0.3) is 0 Å². The van der Waals surface area contributed by atoms with Gasteiger partial charge in [-0.05, 0) is 24.6 Å². The molecule has 1 rings (SSSR count). The van der Waals surface area contributed by atoms with E-state index in [9.17, 15) is 0 Å². The van der Waals surface area contributed by atoms with Gasteiger partial charge in [0.25, 0.3) is 0 Å². The van der Waals surface area contributed by atoms with E-state index in [4.69, 9.17) is 9.84 Å². The number of nitrogens with one attached hydrogen (secondary N) is 1. The third-order valence-electron chi connectivity index (χ3n) is 2.54. The molecule has 0 amide bonds. The molecule has 17 heavy (non-hydrogen) atoms. The van der Waals surface area contributed by atoms with Crippen molar-refractivity contribution in [1.82, 2.24) is 5.32 Å². The van der Waals surface area contributed by atoms with E-state index in [1.807, 2.05) is 25.1 Å². The smallest absolute Gasteiger partial charge is 0.123 e. The van der Waals surface area contributed by atoms with E-state index in [2.05, 4.69) is 21.2 Å². The van der Waals surface area contributed by atoms with Gasteiger partial charge in [0.2, 0.25) is 0 Å². The molecule has 1 atom stereocenters. The number of hydrogen-bond donors (Lipinski definition) is 2. The first-order chi connectivity index (χ1) is 7.71. The highest BCUT2D eigenvalue weighted by molar-refractivity contribution is 9.10. The Morgan fingerprint density at radius 3 is 2.71 bits per heavy atom. The van der Waals surface area contributed by atoms with E-state index >= 15 is 0 Å². The monoisotopic (exact) mass is 323 g/mol. The van der Waals surface area contributed by atoms with Crippen LogP contribution in [-0.4, -0.2) is 24.9 Å². The van der Waals surface area contributed by atoms with Crippen molar-refractivity contribution in [3.05, 3.63) is 28.2 Å². The minimum Gasteiger partial charge on any atom is -0.496 e. The van der Waals surface area contributed by atoms with Crippen LogP contribution in [0.3, 0.4) is 0 Å². The van der Waals surface area contributed by atoms with Gasteiger partial charge in [-0.25, -0.2) is 0 Å². The molecule has 3 nitrogen and oxygen atoms in total. The largest absolute Gasteiger partial charge is 0.496 e. The van der Waals surface area contributed by atoms with Crippen molar-refractivity contribution in [2.24, 2.45) is 0 Å². The fourth-order valence-electron chi connectivity index (χ4n) is 1.48. The predicted octanol–water partition coefficient (Wildman–Crippen LogP) is 2.74. The van der Waals surface area contributed by atoms with Crippen molar-refractivity contribution in [3.63, 3.8) is 0 Å². The Morgan fingerprint density at radius 2 is 2.18 bits per heavy atom. The quantitative estimate of drug-likeness (QED) is 0.845. The summed E-state index contributed by atoms with van der Waals surface area (Å²) >= 11 is 3.43. The molecule has 0 saturated carbocycles. The van der Waals surface area contributed by atoms with Crippen LogP contribution in [0.4, 0.5) is 0 Å². The summed E-state index contributed by atoms with van der Waals surface area (Å²) in [5, 5.41) is 12.4. The molecule has 0 aliphatic carbocycles. The van der Waals surface area contributed by atoms with Gasteiger partial charge in [0.1, 0.15) is 5.75 Å². The van der Waals surface area contributed by atoms with Gasteiger partial charge in [-0.15, -0.1) is 12.4 Å². The molecule has 0 saturated heterocycles. The number of halogens is 2. The fourth-order valence-corrected chi connectivity index (χ4v) is 1.89. The maximum absolute atomic E-state index is 9.08. The van der Waals surface area contributed by atoms with Gasteiger partial charge in [0.15, 0.2) is 0 Å². The summed E-state index contributed by atoms with van der Waals surface area (Å²) in [4.78, 5) is 0. The predicted molar refractivity (Wildman–Crippen MR) is 75.9 cm³/mol. The number of benzene rings is 1. The molecule has 1 unspecified atom stereocenters. The minimum atomic E-state index is 0. The molecule has 0 heterocycles. The summed E-state index contributed by atoms with van der Waals surface area (Å²) in [6.07, 6.45) is 0.910. The van der Waals surface area contributed by atoms with Gasteiger partial charge in [-0.1, -0.05) is 22.9 Å².